The maximum atomic E-state index is 13.9. The van der Waals surface area contributed by atoms with Gasteiger partial charge in [-0.25, -0.2) is 4.79 Å². The van der Waals surface area contributed by atoms with Gasteiger partial charge >= 0.3 is 13.2 Å². The van der Waals surface area contributed by atoms with Gasteiger partial charge < -0.3 is 33.6 Å². The number of hydrogen-bond acceptors (Lipinski definition) is 6. The monoisotopic (exact) mass is 659 g/mol. The summed E-state index contributed by atoms with van der Waals surface area (Å²) in [6, 6.07) is 18.4. The first-order valence-electron chi connectivity index (χ1n) is 17.4. The molecule has 2 atom stereocenters. The average Bonchev–Trinajstić information content (AvgIpc) is 3.49. The number of fused-ring (bicyclic) bond motifs is 1. The summed E-state index contributed by atoms with van der Waals surface area (Å²) in [6.07, 6.45) is 3.03. The summed E-state index contributed by atoms with van der Waals surface area (Å²) in [5.41, 5.74) is 2.93. The normalized spacial score (nSPS) is 19.8. The molecule has 2 saturated heterocycles. The van der Waals surface area contributed by atoms with Crippen LogP contribution in [0.5, 0.6) is 0 Å². The number of amides is 2. The molecule has 5 rings (SSSR count). The number of aromatic nitrogens is 1. The van der Waals surface area contributed by atoms with E-state index in [9.17, 15) is 9.59 Å². The Balaban J connectivity index is 1.29. The van der Waals surface area contributed by atoms with Crippen LogP contribution >= 0.6 is 0 Å². The minimum atomic E-state index is -0.648. The molecule has 2 amide bonds. The third-order valence-electron chi connectivity index (χ3n) is 9.89. The van der Waals surface area contributed by atoms with Crippen molar-refractivity contribution in [3.8, 4) is 0 Å². The lowest BCUT2D eigenvalue weighted by molar-refractivity contribution is -0.132. The number of nitrogens with zero attached hydrogens (tertiary/aromatic N) is 2. The molecule has 1 N–H and O–H groups in total. The van der Waals surface area contributed by atoms with E-state index in [1.54, 1.807) is 7.11 Å². The van der Waals surface area contributed by atoms with E-state index in [1.807, 2.05) is 77.6 Å². The number of methoxy groups -OCH3 is 1. The van der Waals surface area contributed by atoms with Gasteiger partial charge in [0.05, 0.1) is 11.2 Å². The van der Waals surface area contributed by atoms with Crippen molar-refractivity contribution in [3.63, 3.8) is 0 Å². The van der Waals surface area contributed by atoms with E-state index in [1.165, 1.54) is 16.6 Å². The Bertz CT molecular complexity index is 1540. The SMILES string of the molecule is COCCCn1c(C2CCCN(C(=O)CC(Cc3ccc(B4OC(C)(C)C(C)(C)O4)cc3)NC(=O)OC(C)(C)C)C2)cc2ccccc21. The number of piperidine rings is 1. The van der Waals surface area contributed by atoms with Gasteiger partial charge in [0.2, 0.25) is 5.91 Å². The molecule has 0 saturated carbocycles. The van der Waals surface area contributed by atoms with E-state index >= 15 is 0 Å². The van der Waals surface area contributed by atoms with Crippen LogP contribution in [0.25, 0.3) is 10.9 Å². The van der Waals surface area contributed by atoms with Crippen molar-refractivity contribution >= 4 is 35.5 Å². The molecule has 2 aliphatic heterocycles. The first kappa shape index (κ1) is 36.0. The highest BCUT2D eigenvalue weighted by Gasteiger charge is 2.51. The first-order chi connectivity index (χ1) is 22.7. The van der Waals surface area contributed by atoms with Crippen LogP contribution in [0.15, 0.2) is 54.6 Å². The number of nitrogens with one attached hydrogen (secondary N) is 1. The Kier molecular flexibility index (Phi) is 11.0. The quantitative estimate of drug-likeness (QED) is 0.195. The summed E-state index contributed by atoms with van der Waals surface area (Å²) in [5.74, 6) is 0.272. The molecule has 0 radical (unpaired) electrons. The number of alkyl carbamates (subject to hydrolysis) is 1. The van der Waals surface area contributed by atoms with Crippen LogP contribution in [0.3, 0.4) is 0 Å². The number of aryl methyl sites for hydroxylation is 1. The first-order valence-corrected chi connectivity index (χ1v) is 17.4. The molecule has 2 aromatic carbocycles. The van der Waals surface area contributed by atoms with E-state index < -0.39 is 36.1 Å². The third kappa shape index (κ3) is 8.63. The van der Waals surface area contributed by atoms with Gasteiger partial charge in [-0.1, -0.05) is 42.5 Å². The molecule has 9 nitrogen and oxygen atoms in total. The average molecular weight is 660 g/mol. The number of ether oxygens (including phenoxy) is 2. The van der Waals surface area contributed by atoms with Gasteiger partial charge in [-0.15, -0.1) is 0 Å². The molecule has 2 unspecified atom stereocenters. The lowest BCUT2D eigenvalue weighted by atomic mass is 9.78. The van der Waals surface area contributed by atoms with Crippen molar-refractivity contribution < 1.29 is 28.4 Å². The van der Waals surface area contributed by atoms with E-state index in [0.29, 0.717) is 26.1 Å². The zero-order valence-corrected chi connectivity index (χ0v) is 30.1. The number of para-hydroxylation sites is 1. The number of benzene rings is 2. The van der Waals surface area contributed by atoms with E-state index in [-0.39, 0.29) is 18.2 Å². The predicted octanol–water partition coefficient (Wildman–Crippen LogP) is 6.21. The fourth-order valence-corrected chi connectivity index (χ4v) is 6.69. The van der Waals surface area contributed by atoms with Crippen molar-refractivity contribution in [2.75, 3.05) is 26.8 Å². The second-order valence-corrected chi connectivity index (χ2v) is 15.4. The van der Waals surface area contributed by atoms with Crippen LogP contribution in [-0.2, 0) is 36.5 Å². The van der Waals surface area contributed by atoms with Gasteiger partial charge in [-0.2, -0.15) is 0 Å². The highest BCUT2D eigenvalue weighted by molar-refractivity contribution is 6.62. The zero-order chi connectivity index (χ0) is 34.7. The lowest BCUT2D eigenvalue weighted by Crippen LogP contribution is -2.46. The zero-order valence-electron chi connectivity index (χ0n) is 30.1. The van der Waals surface area contributed by atoms with Gasteiger partial charge in [0, 0.05) is 62.9 Å². The van der Waals surface area contributed by atoms with Crippen LogP contribution < -0.4 is 10.8 Å². The fourth-order valence-electron chi connectivity index (χ4n) is 6.69. The molecule has 0 spiro atoms. The number of carbonyl (C=O) groups is 2. The van der Waals surface area contributed by atoms with Crippen molar-refractivity contribution in [3.05, 3.63) is 65.9 Å². The summed E-state index contributed by atoms with van der Waals surface area (Å²) in [4.78, 5) is 28.9. The molecule has 0 bridgehead atoms. The number of likely N-dealkylation sites (tertiary alicyclic amines) is 1. The number of hydrogen-bond donors (Lipinski definition) is 1. The molecule has 260 valence electrons. The van der Waals surface area contributed by atoms with Crippen molar-refractivity contribution in [1.82, 2.24) is 14.8 Å². The molecule has 48 heavy (non-hydrogen) atoms. The van der Waals surface area contributed by atoms with Crippen LogP contribution in [0.1, 0.15) is 91.3 Å². The topological polar surface area (TPSA) is 91.3 Å². The highest BCUT2D eigenvalue weighted by atomic mass is 16.7. The number of carbonyl (C=O) groups excluding carboxylic acids is 2. The Morgan fingerprint density at radius 3 is 2.40 bits per heavy atom. The Labute approximate surface area is 286 Å². The Morgan fingerprint density at radius 2 is 1.73 bits per heavy atom. The Morgan fingerprint density at radius 1 is 1.04 bits per heavy atom. The maximum Gasteiger partial charge on any atom is 0.494 e. The van der Waals surface area contributed by atoms with Crippen molar-refractivity contribution in [2.45, 2.75) is 116 Å². The second kappa shape index (κ2) is 14.6. The van der Waals surface area contributed by atoms with Gasteiger partial charge in [0.1, 0.15) is 5.60 Å². The Hall–Kier alpha value is -3.34. The molecule has 3 aromatic rings. The molecule has 0 aliphatic carbocycles. The second-order valence-electron chi connectivity index (χ2n) is 15.4. The van der Waals surface area contributed by atoms with E-state index in [4.69, 9.17) is 18.8 Å². The third-order valence-corrected chi connectivity index (χ3v) is 9.89. The summed E-state index contributed by atoms with van der Waals surface area (Å²) in [7, 11) is 1.29. The molecular weight excluding hydrogens is 605 g/mol. The van der Waals surface area contributed by atoms with E-state index in [0.717, 1.165) is 36.8 Å². The van der Waals surface area contributed by atoms with Gasteiger partial charge in [0.15, 0.2) is 0 Å². The molecule has 2 fully saturated rings. The molecule has 3 heterocycles. The smallest absolute Gasteiger partial charge is 0.444 e. The van der Waals surface area contributed by atoms with Gasteiger partial charge in [0.25, 0.3) is 0 Å². The van der Waals surface area contributed by atoms with Crippen molar-refractivity contribution in [2.24, 2.45) is 0 Å². The van der Waals surface area contributed by atoms with Gasteiger partial charge in [-0.05, 0) is 103 Å². The minimum Gasteiger partial charge on any atom is -0.444 e. The molecule has 10 heteroatoms. The number of rotatable bonds is 11. The van der Waals surface area contributed by atoms with Crippen LogP contribution in [0, 0.1) is 0 Å². The van der Waals surface area contributed by atoms with Crippen LogP contribution in [0.4, 0.5) is 4.79 Å². The van der Waals surface area contributed by atoms with E-state index in [2.05, 4.69) is 40.2 Å². The minimum absolute atomic E-state index is 0.0386. The summed E-state index contributed by atoms with van der Waals surface area (Å²) in [6.45, 7) is 16.6. The summed E-state index contributed by atoms with van der Waals surface area (Å²) >= 11 is 0. The largest absolute Gasteiger partial charge is 0.494 e. The lowest BCUT2D eigenvalue weighted by Gasteiger charge is -2.34. The predicted molar refractivity (Wildman–Crippen MR) is 191 cm³/mol. The summed E-state index contributed by atoms with van der Waals surface area (Å²) < 4.78 is 25.8. The fraction of sp³-hybridized carbons (Fsp3) is 0.579. The highest BCUT2D eigenvalue weighted by Crippen LogP contribution is 2.36. The summed E-state index contributed by atoms with van der Waals surface area (Å²) in [5, 5.41) is 4.23. The standard InChI is InChI=1S/C38H54BN3O6/c1-36(2,3)46-35(44)40-31(23-27-16-18-30(19-17-27)39-47-37(4,5)38(6,7)48-39)25-34(43)41-20-11-14-29(26-41)33-24-28-13-9-10-15-32(28)42(33)21-12-22-45-8/h9-10,13,15-19,24,29,31H,11-12,14,20-23,25-26H2,1-8H3,(H,40,44). The molecular formula is C38H54BN3O6. The van der Waals surface area contributed by atoms with Gasteiger partial charge in [-0.3, -0.25) is 4.79 Å². The van der Waals surface area contributed by atoms with Crippen LogP contribution in [-0.4, -0.2) is 78.2 Å². The molecule has 2 aliphatic rings. The van der Waals surface area contributed by atoms with Crippen molar-refractivity contribution in [1.29, 1.82) is 0 Å². The molecule has 1 aromatic heterocycles. The maximum absolute atomic E-state index is 13.9. The van der Waals surface area contributed by atoms with Crippen LogP contribution in [0.2, 0.25) is 0 Å².